The zero-order valence-electron chi connectivity index (χ0n) is 14.8. The predicted molar refractivity (Wildman–Crippen MR) is 81.3 cm³/mol. The highest BCUT2D eigenvalue weighted by Gasteiger charge is 2.52. The maximum Gasteiger partial charge on any atom is 0.303 e. The SMILES string of the molecule is CC(=O)NC1C(N=[N+]=N)OC(COC(C)=O)C(OC(C)=O)C1OC(C)=O. The molecule has 1 aliphatic rings. The number of esters is 3. The molecule has 1 rings (SSSR count). The van der Waals surface area contributed by atoms with Gasteiger partial charge in [-0.1, -0.05) is 0 Å². The zero-order valence-corrected chi connectivity index (χ0v) is 14.8. The molecule has 2 N–H and O–H groups in total. The van der Waals surface area contributed by atoms with Gasteiger partial charge in [-0.2, -0.15) is 0 Å². The van der Waals surface area contributed by atoms with Crippen LogP contribution < -0.4 is 10.2 Å². The van der Waals surface area contributed by atoms with Gasteiger partial charge in [0.25, 0.3) is 6.23 Å². The summed E-state index contributed by atoms with van der Waals surface area (Å²) in [4.78, 5) is 48.5. The molecule has 0 aromatic heterocycles. The average molecular weight is 373 g/mol. The molecule has 1 saturated heterocycles. The van der Waals surface area contributed by atoms with Gasteiger partial charge in [0, 0.05) is 27.7 Å². The van der Waals surface area contributed by atoms with Gasteiger partial charge in [0.1, 0.15) is 24.3 Å². The molecule has 144 valence electrons. The van der Waals surface area contributed by atoms with Crippen LogP contribution in [0.5, 0.6) is 0 Å². The molecule has 0 bridgehead atoms. The van der Waals surface area contributed by atoms with Gasteiger partial charge in [0.15, 0.2) is 17.3 Å². The van der Waals surface area contributed by atoms with Gasteiger partial charge >= 0.3 is 17.9 Å². The first-order chi connectivity index (χ1) is 12.1. The fourth-order valence-corrected chi connectivity index (χ4v) is 2.46. The monoisotopic (exact) mass is 373 g/mol. The molecule has 5 unspecified atom stereocenters. The van der Waals surface area contributed by atoms with Crippen LogP contribution in [0, 0.1) is 5.53 Å². The largest absolute Gasteiger partial charge is 0.463 e. The third-order valence-corrected chi connectivity index (χ3v) is 3.26. The van der Waals surface area contributed by atoms with Crippen molar-refractivity contribution in [3.8, 4) is 0 Å². The Labute approximate surface area is 148 Å². The summed E-state index contributed by atoms with van der Waals surface area (Å²) in [6, 6.07) is -1.08. The van der Waals surface area contributed by atoms with Crippen molar-refractivity contribution < 1.29 is 38.1 Å². The summed E-state index contributed by atoms with van der Waals surface area (Å²) in [5, 5.41) is 6.03. The van der Waals surface area contributed by atoms with E-state index in [2.05, 4.69) is 15.3 Å². The van der Waals surface area contributed by atoms with Crippen LogP contribution >= 0.6 is 0 Å². The molecule has 12 heteroatoms. The molecule has 1 aliphatic heterocycles. The summed E-state index contributed by atoms with van der Waals surface area (Å²) in [5.41, 5.74) is 6.91. The molecule has 12 nitrogen and oxygen atoms in total. The van der Waals surface area contributed by atoms with Crippen molar-refractivity contribution in [2.45, 2.75) is 58.3 Å². The Kier molecular flexibility index (Phi) is 7.81. The number of hydrogen-bond acceptors (Lipinski definition) is 10. The molecule has 0 spiro atoms. The second kappa shape index (κ2) is 9.59. The molecule has 0 saturated carbocycles. The van der Waals surface area contributed by atoms with Gasteiger partial charge < -0.3 is 24.3 Å². The average Bonchev–Trinajstić information content (AvgIpc) is 2.50. The zero-order chi connectivity index (χ0) is 19.9. The van der Waals surface area contributed by atoms with Crippen molar-refractivity contribution in [3.63, 3.8) is 0 Å². The third kappa shape index (κ3) is 6.22. The highest BCUT2D eigenvalue weighted by Crippen LogP contribution is 2.27. The lowest BCUT2D eigenvalue weighted by Gasteiger charge is -2.42. The van der Waals surface area contributed by atoms with Crippen LogP contribution in [-0.2, 0) is 38.1 Å². The molecule has 1 fully saturated rings. The van der Waals surface area contributed by atoms with E-state index in [4.69, 9.17) is 24.5 Å². The number of rotatable bonds is 6. The van der Waals surface area contributed by atoms with E-state index in [1.165, 1.54) is 13.8 Å². The summed E-state index contributed by atoms with van der Waals surface area (Å²) in [6.45, 7) is 4.33. The lowest BCUT2D eigenvalue weighted by molar-refractivity contribution is -0.223. The Morgan fingerprint density at radius 3 is 2.08 bits per heavy atom. The van der Waals surface area contributed by atoms with E-state index in [0.717, 1.165) is 13.8 Å². The van der Waals surface area contributed by atoms with Crippen LogP contribution in [0.3, 0.4) is 0 Å². The molecule has 26 heavy (non-hydrogen) atoms. The summed E-state index contributed by atoms with van der Waals surface area (Å²) in [5.74, 6) is -2.52. The predicted octanol–water partition coefficient (Wildman–Crippen LogP) is -0.807. The van der Waals surface area contributed by atoms with E-state index in [-0.39, 0.29) is 6.61 Å². The van der Waals surface area contributed by atoms with Crippen LogP contribution in [0.4, 0.5) is 0 Å². The number of ether oxygens (including phenoxy) is 4. The van der Waals surface area contributed by atoms with Gasteiger partial charge in [-0.15, -0.1) is 0 Å². The first kappa shape index (κ1) is 21.2. The maximum absolute atomic E-state index is 11.5. The topological polar surface area (TPSA) is 168 Å². The van der Waals surface area contributed by atoms with Crippen molar-refractivity contribution in [2.24, 2.45) is 5.11 Å². The summed E-state index contributed by atoms with van der Waals surface area (Å²) in [7, 11) is 0. The van der Waals surface area contributed by atoms with E-state index in [9.17, 15) is 19.2 Å². The standard InChI is InChI=1S/C14H20N4O8/c1-6(19)16-11-13(25-9(4)22)12(24-8(3)21)10(5-23-7(2)20)26-14(11)17-18-15/h10-15H,5H2,1-4H3/p+1. The number of nitrogens with one attached hydrogen (secondary N) is 2. The van der Waals surface area contributed by atoms with Crippen LogP contribution in [0.25, 0.3) is 0 Å². The molecular weight excluding hydrogens is 352 g/mol. The number of carbonyl (C=O) groups excluding carboxylic acids is 4. The summed E-state index contributed by atoms with van der Waals surface area (Å²) in [6.07, 6.45) is -4.68. The molecule has 0 aromatic rings. The molecule has 0 aromatic carbocycles. The number of hydrogen-bond donors (Lipinski definition) is 2. The molecule has 0 aliphatic carbocycles. The molecule has 1 amide bonds. The van der Waals surface area contributed by atoms with Crippen LogP contribution in [-0.4, -0.2) is 61.0 Å². The Morgan fingerprint density at radius 2 is 1.62 bits per heavy atom. The molecule has 1 heterocycles. The van der Waals surface area contributed by atoms with E-state index in [1.54, 1.807) is 0 Å². The van der Waals surface area contributed by atoms with Crippen molar-refractivity contribution in [3.05, 3.63) is 0 Å². The fraction of sp³-hybridized carbons (Fsp3) is 0.714. The van der Waals surface area contributed by atoms with Crippen molar-refractivity contribution in [2.75, 3.05) is 6.61 Å². The fourth-order valence-electron chi connectivity index (χ4n) is 2.46. The number of nitrogens with zero attached hydrogens (tertiary/aromatic N) is 2. The Bertz CT molecular complexity index is 618. The van der Waals surface area contributed by atoms with Gasteiger partial charge in [-0.05, 0) is 0 Å². The highest BCUT2D eigenvalue weighted by atomic mass is 16.6. The van der Waals surface area contributed by atoms with Gasteiger partial charge in [0.05, 0.1) is 0 Å². The molecular formula is C14H21N4O8+. The maximum atomic E-state index is 11.5. The first-order valence-corrected chi connectivity index (χ1v) is 7.62. The van der Waals surface area contributed by atoms with E-state index in [0.29, 0.717) is 0 Å². The van der Waals surface area contributed by atoms with E-state index >= 15 is 0 Å². The Hall–Kier alpha value is -2.85. The lowest BCUT2D eigenvalue weighted by atomic mass is 9.95. The second-order valence-electron chi connectivity index (χ2n) is 5.46. The molecule has 5 atom stereocenters. The second-order valence-corrected chi connectivity index (χ2v) is 5.46. The van der Waals surface area contributed by atoms with E-state index in [1.807, 2.05) is 0 Å². The van der Waals surface area contributed by atoms with Crippen LogP contribution in [0.2, 0.25) is 0 Å². The van der Waals surface area contributed by atoms with Crippen molar-refractivity contribution >= 4 is 23.8 Å². The minimum Gasteiger partial charge on any atom is -0.463 e. The van der Waals surface area contributed by atoms with Gasteiger partial charge in [-0.3, -0.25) is 19.2 Å². The lowest BCUT2D eigenvalue weighted by Crippen LogP contribution is -2.65. The highest BCUT2D eigenvalue weighted by molar-refractivity contribution is 5.73. The van der Waals surface area contributed by atoms with Crippen LogP contribution in [0.15, 0.2) is 5.11 Å². The smallest absolute Gasteiger partial charge is 0.303 e. The van der Waals surface area contributed by atoms with Crippen molar-refractivity contribution in [1.82, 2.24) is 10.2 Å². The number of carbonyl (C=O) groups is 4. The van der Waals surface area contributed by atoms with Gasteiger partial charge in [-0.25, -0.2) is 0 Å². The quantitative estimate of drug-likeness (QED) is 0.264. The Balaban J connectivity index is 3.28. The summed E-state index contributed by atoms with van der Waals surface area (Å²) < 4.78 is 20.9. The van der Waals surface area contributed by atoms with Gasteiger partial charge in [0.2, 0.25) is 10.8 Å². The normalized spacial score (nSPS) is 27.5. The summed E-state index contributed by atoms with van der Waals surface area (Å²) >= 11 is 0. The van der Waals surface area contributed by atoms with E-state index < -0.39 is 54.4 Å². The minimum atomic E-state index is -1.23. The first-order valence-electron chi connectivity index (χ1n) is 7.62. The number of amides is 1. The third-order valence-electron chi connectivity index (χ3n) is 3.26. The minimum absolute atomic E-state index is 0.331. The molecule has 0 radical (unpaired) electrons. The Morgan fingerprint density at radius 1 is 1.04 bits per heavy atom. The van der Waals surface area contributed by atoms with Crippen molar-refractivity contribution in [1.29, 1.82) is 5.53 Å². The van der Waals surface area contributed by atoms with Crippen LogP contribution in [0.1, 0.15) is 27.7 Å².